The number of anilines is 1. The van der Waals surface area contributed by atoms with Gasteiger partial charge >= 0.3 is 0 Å². The van der Waals surface area contributed by atoms with Crippen LogP contribution >= 0.6 is 11.6 Å². The topological polar surface area (TPSA) is 79.8 Å². The predicted molar refractivity (Wildman–Crippen MR) is 118 cm³/mol. The van der Waals surface area contributed by atoms with E-state index in [9.17, 15) is 9.59 Å². The maximum absolute atomic E-state index is 12.0. The van der Waals surface area contributed by atoms with Gasteiger partial charge in [-0.15, -0.1) is 0 Å². The zero-order valence-corrected chi connectivity index (χ0v) is 17.0. The Labute approximate surface area is 179 Å². The van der Waals surface area contributed by atoms with Crippen LogP contribution in [0.5, 0.6) is 5.75 Å². The van der Waals surface area contributed by atoms with Crippen molar-refractivity contribution in [3.63, 3.8) is 0 Å². The van der Waals surface area contributed by atoms with Gasteiger partial charge in [0, 0.05) is 16.3 Å². The van der Waals surface area contributed by atoms with E-state index in [1.165, 1.54) is 6.21 Å². The van der Waals surface area contributed by atoms with Crippen molar-refractivity contribution in [3.05, 3.63) is 94.5 Å². The molecule has 0 bridgehead atoms. The van der Waals surface area contributed by atoms with Gasteiger partial charge in [0.25, 0.3) is 11.8 Å². The Hall–Kier alpha value is -3.64. The van der Waals surface area contributed by atoms with E-state index in [1.807, 2.05) is 19.1 Å². The maximum Gasteiger partial charge on any atom is 0.271 e. The van der Waals surface area contributed by atoms with E-state index in [2.05, 4.69) is 15.8 Å². The summed E-state index contributed by atoms with van der Waals surface area (Å²) in [6.45, 7) is 1.82. The molecule has 2 amide bonds. The molecule has 2 N–H and O–H groups in total. The lowest BCUT2D eigenvalue weighted by Gasteiger charge is -2.08. The first-order valence-corrected chi connectivity index (χ1v) is 9.56. The summed E-state index contributed by atoms with van der Waals surface area (Å²) in [6, 6.07) is 21.1. The van der Waals surface area contributed by atoms with E-state index in [4.69, 9.17) is 16.3 Å². The maximum atomic E-state index is 12.0. The fourth-order valence-corrected chi connectivity index (χ4v) is 2.69. The number of benzene rings is 3. The van der Waals surface area contributed by atoms with Gasteiger partial charge in [-0.2, -0.15) is 5.10 Å². The molecular formula is C23H20ClN3O3. The van der Waals surface area contributed by atoms with Crippen LogP contribution in [0.2, 0.25) is 5.02 Å². The summed E-state index contributed by atoms with van der Waals surface area (Å²) in [5.41, 5.74) is 5.49. The summed E-state index contributed by atoms with van der Waals surface area (Å²) in [5, 5.41) is 7.21. The van der Waals surface area contributed by atoms with Crippen LogP contribution < -0.4 is 15.5 Å². The fraction of sp³-hybridized carbons (Fsp3) is 0.0870. The molecule has 0 heterocycles. The summed E-state index contributed by atoms with van der Waals surface area (Å²) in [7, 11) is 0. The molecule has 0 unspecified atom stereocenters. The number of carbonyl (C=O) groups excluding carboxylic acids is 2. The summed E-state index contributed by atoms with van der Waals surface area (Å²) in [4.78, 5) is 24.0. The molecule has 152 valence electrons. The van der Waals surface area contributed by atoms with Gasteiger partial charge in [-0.25, -0.2) is 5.43 Å². The number of carbonyl (C=O) groups is 2. The summed E-state index contributed by atoms with van der Waals surface area (Å²) in [5.74, 6) is -0.0317. The Morgan fingerprint density at radius 2 is 1.77 bits per heavy atom. The van der Waals surface area contributed by atoms with Crippen molar-refractivity contribution in [1.29, 1.82) is 0 Å². The highest BCUT2D eigenvalue weighted by Gasteiger charge is 2.05. The lowest BCUT2D eigenvalue weighted by Crippen LogP contribution is -2.20. The Morgan fingerprint density at radius 1 is 1.03 bits per heavy atom. The van der Waals surface area contributed by atoms with Crippen molar-refractivity contribution in [1.82, 2.24) is 5.43 Å². The second kappa shape index (κ2) is 10.2. The van der Waals surface area contributed by atoms with Crippen molar-refractivity contribution >= 4 is 35.3 Å². The third-order valence-corrected chi connectivity index (χ3v) is 4.29. The van der Waals surface area contributed by atoms with Crippen LogP contribution in [0.25, 0.3) is 0 Å². The zero-order chi connectivity index (χ0) is 21.3. The first-order chi connectivity index (χ1) is 14.5. The molecule has 3 aromatic rings. The fourth-order valence-electron chi connectivity index (χ4n) is 2.50. The van der Waals surface area contributed by atoms with Crippen LogP contribution in [-0.2, 0) is 4.79 Å². The highest BCUT2D eigenvalue weighted by Crippen LogP contribution is 2.15. The van der Waals surface area contributed by atoms with Gasteiger partial charge in [0.05, 0.1) is 6.21 Å². The molecule has 0 atom stereocenters. The summed E-state index contributed by atoms with van der Waals surface area (Å²) >= 11 is 5.89. The van der Waals surface area contributed by atoms with E-state index in [0.29, 0.717) is 22.0 Å². The number of rotatable bonds is 7. The highest BCUT2D eigenvalue weighted by atomic mass is 35.5. The normalized spacial score (nSPS) is 10.6. The van der Waals surface area contributed by atoms with Gasteiger partial charge in [0.15, 0.2) is 6.61 Å². The molecule has 3 aromatic carbocycles. The summed E-state index contributed by atoms with van der Waals surface area (Å²) in [6.07, 6.45) is 1.53. The number of nitrogens with one attached hydrogen (secondary N) is 2. The molecule has 0 aliphatic carbocycles. The van der Waals surface area contributed by atoms with E-state index in [0.717, 1.165) is 11.1 Å². The number of amides is 2. The molecule has 0 aromatic heterocycles. The molecule has 0 aliphatic heterocycles. The van der Waals surface area contributed by atoms with Crippen molar-refractivity contribution in [3.8, 4) is 5.75 Å². The van der Waals surface area contributed by atoms with Crippen LogP contribution in [0, 0.1) is 6.92 Å². The Balaban J connectivity index is 1.46. The van der Waals surface area contributed by atoms with Gasteiger partial charge in [-0.1, -0.05) is 35.4 Å². The minimum absolute atomic E-state index is 0.132. The van der Waals surface area contributed by atoms with Crippen LogP contribution in [0.4, 0.5) is 5.69 Å². The quantitative estimate of drug-likeness (QED) is 0.437. The number of hydrogen-bond acceptors (Lipinski definition) is 4. The minimum atomic E-state index is -0.290. The highest BCUT2D eigenvalue weighted by molar-refractivity contribution is 6.30. The molecule has 6 nitrogen and oxygen atoms in total. The molecule has 0 saturated heterocycles. The van der Waals surface area contributed by atoms with Gasteiger partial charge in [0.2, 0.25) is 0 Å². The van der Waals surface area contributed by atoms with E-state index in [1.54, 1.807) is 60.7 Å². The SMILES string of the molecule is Cc1ccc(C(=O)N/N=C/c2ccc(OCC(=O)Nc3cccc(Cl)c3)cc2)cc1. The summed E-state index contributed by atoms with van der Waals surface area (Å²) < 4.78 is 5.48. The van der Waals surface area contributed by atoms with Gasteiger partial charge in [0.1, 0.15) is 5.75 Å². The average molecular weight is 422 g/mol. The van der Waals surface area contributed by atoms with Crippen LogP contribution in [-0.4, -0.2) is 24.6 Å². The molecule has 0 spiro atoms. The van der Waals surface area contributed by atoms with E-state index >= 15 is 0 Å². The second-order valence-electron chi connectivity index (χ2n) is 6.48. The number of aryl methyl sites for hydroxylation is 1. The lowest BCUT2D eigenvalue weighted by atomic mass is 10.1. The average Bonchev–Trinajstić information content (AvgIpc) is 2.73. The zero-order valence-electron chi connectivity index (χ0n) is 16.3. The largest absolute Gasteiger partial charge is 0.484 e. The number of hydrazone groups is 1. The molecule has 0 fully saturated rings. The van der Waals surface area contributed by atoms with Gasteiger partial charge in [-0.3, -0.25) is 9.59 Å². The number of halogens is 1. The molecule has 0 saturated carbocycles. The third kappa shape index (κ3) is 6.46. The first-order valence-electron chi connectivity index (χ1n) is 9.18. The van der Waals surface area contributed by atoms with Crippen LogP contribution in [0.1, 0.15) is 21.5 Å². The molecule has 0 radical (unpaired) electrons. The van der Waals surface area contributed by atoms with Gasteiger partial charge in [-0.05, 0) is 67.1 Å². The van der Waals surface area contributed by atoms with Crippen molar-refractivity contribution in [2.45, 2.75) is 6.92 Å². The molecule has 30 heavy (non-hydrogen) atoms. The Morgan fingerprint density at radius 3 is 2.47 bits per heavy atom. The minimum Gasteiger partial charge on any atom is -0.484 e. The number of hydrogen-bond donors (Lipinski definition) is 2. The van der Waals surface area contributed by atoms with Crippen LogP contribution in [0.3, 0.4) is 0 Å². The number of ether oxygens (including phenoxy) is 1. The molecule has 0 aliphatic rings. The molecule has 3 rings (SSSR count). The van der Waals surface area contributed by atoms with Crippen molar-refractivity contribution < 1.29 is 14.3 Å². The monoisotopic (exact) mass is 421 g/mol. The van der Waals surface area contributed by atoms with Crippen molar-refractivity contribution in [2.24, 2.45) is 5.10 Å². The molecule has 7 heteroatoms. The molecular weight excluding hydrogens is 402 g/mol. The first kappa shape index (κ1) is 21.1. The third-order valence-electron chi connectivity index (χ3n) is 4.05. The van der Waals surface area contributed by atoms with Crippen LogP contribution in [0.15, 0.2) is 77.9 Å². The Bertz CT molecular complexity index is 1050. The smallest absolute Gasteiger partial charge is 0.271 e. The van der Waals surface area contributed by atoms with E-state index in [-0.39, 0.29) is 18.4 Å². The second-order valence-corrected chi connectivity index (χ2v) is 6.92. The lowest BCUT2D eigenvalue weighted by molar-refractivity contribution is -0.118. The van der Waals surface area contributed by atoms with Gasteiger partial charge < -0.3 is 10.1 Å². The van der Waals surface area contributed by atoms with Crippen molar-refractivity contribution in [2.75, 3.05) is 11.9 Å². The number of nitrogens with zero attached hydrogens (tertiary/aromatic N) is 1. The Kier molecular flexibility index (Phi) is 7.19. The van der Waals surface area contributed by atoms with E-state index < -0.39 is 0 Å². The predicted octanol–water partition coefficient (Wildman–Crippen LogP) is 4.43. The standard InChI is InChI=1S/C23H20ClN3O3/c1-16-5-9-18(10-6-16)23(29)27-25-14-17-7-11-21(12-8-17)30-15-22(28)26-20-4-2-3-19(24)13-20/h2-14H,15H2,1H3,(H,26,28)(H,27,29)/b25-14+.